The van der Waals surface area contributed by atoms with Crippen molar-refractivity contribution in [2.24, 2.45) is 0 Å². The second kappa shape index (κ2) is 46.0. The Bertz CT molecular complexity index is 983. The number of rotatable bonds is 34. The molecule has 0 aromatic carbocycles. The van der Waals surface area contributed by atoms with Gasteiger partial charge in [0.25, 0.3) is 0 Å². The molecule has 308 valence electrons. The molecule has 0 saturated carbocycles. The van der Waals surface area contributed by atoms with Crippen LogP contribution in [0.5, 0.6) is 0 Å². The first-order chi connectivity index (χ1) is 25.0. The van der Waals surface area contributed by atoms with Crippen LogP contribution in [0.25, 0.3) is 0 Å². The van der Waals surface area contributed by atoms with Crippen LogP contribution < -0.4 is 90.2 Å². The van der Waals surface area contributed by atoms with Gasteiger partial charge in [0.05, 0.1) is 6.16 Å². The van der Waals surface area contributed by atoms with Crippen LogP contribution in [-0.4, -0.2) is 64.8 Å². The number of amides is 4. The average Bonchev–Trinajstić information content (AvgIpc) is 3.12. The van der Waals surface area contributed by atoms with Gasteiger partial charge < -0.3 is 44.7 Å². The molecular weight excluding hydrogens is 748 g/mol. The molecule has 12 nitrogen and oxygen atoms in total. The fraction of sp³-hybridized carbons (Fsp3) is 0.842. The fourth-order valence-corrected chi connectivity index (χ4v) is 6.76. The number of hydrogen-bond donors (Lipinski definition) is 4. The molecule has 0 radical (unpaired) electrons. The Kier molecular flexibility index (Phi) is 52.0. The molecule has 0 spiro atoms. The van der Waals surface area contributed by atoms with Gasteiger partial charge in [-0.15, -0.1) is 0 Å². The van der Waals surface area contributed by atoms with Crippen molar-refractivity contribution < 1.29 is 96.7 Å². The maximum Gasteiger partial charge on any atom is 1.00 e. The van der Waals surface area contributed by atoms with Crippen LogP contribution >= 0.6 is 15.2 Å². The zero-order valence-electron chi connectivity index (χ0n) is 35.3. The molecule has 16 heteroatoms. The van der Waals surface area contributed by atoms with E-state index in [0.717, 1.165) is 148 Å². The molecule has 54 heavy (non-hydrogen) atoms. The van der Waals surface area contributed by atoms with Crippen LogP contribution in [0.1, 0.15) is 155 Å². The summed E-state index contributed by atoms with van der Waals surface area (Å²) in [5.74, 6) is 0. The SMILES string of the molecule is CCCCCNC(=O)NCCCC/C=C\CCCCCCP(=O)(OC)OC.CCCCCNC(=O)NCCCC/C=C\CCCCCCP(=O)([O-])[O-].[Na+].[Na+]. The van der Waals surface area contributed by atoms with E-state index in [-0.39, 0.29) is 77.3 Å². The van der Waals surface area contributed by atoms with Gasteiger partial charge in [0.15, 0.2) is 0 Å². The van der Waals surface area contributed by atoms with Crippen molar-refractivity contribution in [1.82, 2.24) is 21.3 Å². The second-order valence-electron chi connectivity index (χ2n) is 13.2. The first kappa shape index (κ1) is 61.0. The third kappa shape index (κ3) is 50.3. The molecule has 0 aromatic rings. The first-order valence-electron chi connectivity index (χ1n) is 20.1. The molecule has 0 saturated heterocycles. The molecule has 0 heterocycles. The number of carbonyl (C=O) groups excluding carboxylic acids is 2. The van der Waals surface area contributed by atoms with Crippen LogP contribution in [0.15, 0.2) is 24.3 Å². The maximum atomic E-state index is 11.9. The number of nitrogens with one attached hydrogen (secondary N) is 4. The largest absolute Gasteiger partial charge is 1.00 e. The predicted octanol–water partition coefficient (Wildman–Crippen LogP) is 2.71. The van der Waals surface area contributed by atoms with Gasteiger partial charge in [-0.2, -0.15) is 0 Å². The van der Waals surface area contributed by atoms with Crippen LogP contribution in [0.3, 0.4) is 0 Å². The molecule has 0 bridgehead atoms. The predicted molar refractivity (Wildman–Crippen MR) is 213 cm³/mol. The number of urea groups is 2. The van der Waals surface area contributed by atoms with Gasteiger partial charge in [0.1, 0.15) is 0 Å². The quantitative estimate of drug-likeness (QED) is 0.0331. The Hall–Kier alpha value is 0.320. The Morgan fingerprint density at radius 2 is 0.778 bits per heavy atom. The summed E-state index contributed by atoms with van der Waals surface area (Å²) in [6.07, 6.45) is 31.5. The van der Waals surface area contributed by atoms with E-state index in [4.69, 9.17) is 9.05 Å². The molecule has 0 aliphatic carbocycles. The van der Waals surface area contributed by atoms with Crippen LogP contribution in [0, 0.1) is 0 Å². The number of hydrogen-bond acceptors (Lipinski definition) is 8. The molecule has 0 rings (SSSR count). The summed E-state index contributed by atoms with van der Waals surface area (Å²) < 4.78 is 32.2. The zero-order chi connectivity index (χ0) is 39.0. The minimum absolute atomic E-state index is 0. The molecule has 0 unspecified atom stereocenters. The van der Waals surface area contributed by atoms with Gasteiger partial charge in [-0.25, -0.2) is 9.59 Å². The van der Waals surface area contributed by atoms with Crippen molar-refractivity contribution in [3.05, 3.63) is 24.3 Å². The molecule has 0 atom stereocenters. The van der Waals surface area contributed by atoms with Crippen LogP contribution in [-0.2, 0) is 18.2 Å². The van der Waals surface area contributed by atoms with E-state index in [2.05, 4.69) is 59.4 Å². The number of allylic oxidation sites excluding steroid dienone is 4. The third-order valence-corrected chi connectivity index (χ3v) is 11.1. The van der Waals surface area contributed by atoms with Gasteiger partial charge in [-0.05, 0) is 96.1 Å². The number of carbonyl (C=O) groups is 2. The Labute approximate surface area is 374 Å². The van der Waals surface area contributed by atoms with Crippen LogP contribution in [0.4, 0.5) is 9.59 Å². The standard InChI is InChI=1S/C20H41N2O4P.C18H37N2O4P.2Na/c1-4-5-14-17-21-20(23)22-18-15-12-10-8-6-7-9-11-13-16-19-27(24,25-2)26-3;1-2-3-12-15-19-18(21)20-16-13-10-8-6-4-5-7-9-11-14-17-25(22,23)24;;/h6,8H,4-5,7,9-19H2,1-3H3,(H2,21,22,23);4,6H,2-3,5,7-17H2,1H3,(H2,19,20,21)(H2,22,23,24);;/q;;2*+1/p-2/b8-6-;6-4-;;. The van der Waals surface area contributed by atoms with E-state index in [0.29, 0.717) is 19.1 Å². The molecule has 0 fully saturated rings. The van der Waals surface area contributed by atoms with Gasteiger partial charge in [-0.3, -0.25) is 4.57 Å². The fourth-order valence-electron chi connectivity index (χ4n) is 5.03. The van der Waals surface area contributed by atoms with Crippen molar-refractivity contribution in [1.29, 1.82) is 0 Å². The van der Waals surface area contributed by atoms with E-state index < -0.39 is 15.2 Å². The van der Waals surface area contributed by atoms with Gasteiger partial charge >= 0.3 is 78.8 Å². The van der Waals surface area contributed by atoms with Crippen molar-refractivity contribution in [3.63, 3.8) is 0 Å². The summed E-state index contributed by atoms with van der Waals surface area (Å²) in [4.78, 5) is 43.9. The molecule has 4 amide bonds. The molecule has 0 aromatic heterocycles. The van der Waals surface area contributed by atoms with Gasteiger partial charge in [0, 0.05) is 40.4 Å². The summed E-state index contributed by atoms with van der Waals surface area (Å²) in [5, 5.41) is 11.5. The zero-order valence-corrected chi connectivity index (χ0v) is 41.1. The van der Waals surface area contributed by atoms with E-state index in [1.807, 2.05) is 0 Å². The average molecular weight is 825 g/mol. The van der Waals surface area contributed by atoms with Crippen LogP contribution in [0.2, 0.25) is 0 Å². The summed E-state index contributed by atoms with van der Waals surface area (Å²) in [6, 6.07) is -0.119. The summed E-state index contributed by atoms with van der Waals surface area (Å²) >= 11 is 0. The topological polar surface area (TPSA) is 181 Å². The summed E-state index contributed by atoms with van der Waals surface area (Å²) in [5.41, 5.74) is 0. The van der Waals surface area contributed by atoms with Gasteiger partial charge in [0.2, 0.25) is 0 Å². The van der Waals surface area contributed by atoms with E-state index in [9.17, 15) is 28.5 Å². The molecular formula is C38H76N4Na2O8P2. The molecule has 0 aliphatic heterocycles. The Morgan fingerprint density at radius 3 is 1.09 bits per heavy atom. The molecule has 0 aliphatic rings. The maximum absolute atomic E-state index is 11.9. The normalized spacial score (nSPS) is 11.4. The smallest absolute Gasteiger partial charge is 0.811 e. The summed E-state index contributed by atoms with van der Waals surface area (Å²) in [7, 11) is -4.25. The van der Waals surface area contributed by atoms with Crippen molar-refractivity contribution in [2.75, 3.05) is 52.7 Å². The minimum atomic E-state index is -4.30. The first-order valence-corrected chi connectivity index (χ1v) is 23.5. The van der Waals surface area contributed by atoms with Gasteiger partial charge in [-0.1, -0.05) is 97.1 Å². The van der Waals surface area contributed by atoms with E-state index in [1.165, 1.54) is 20.6 Å². The summed E-state index contributed by atoms with van der Waals surface area (Å²) in [6.45, 7) is 7.24. The van der Waals surface area contributed by atoms with Crippen molar-refractivity contribution >= 4 is 27.3 Å². The second-order valence-corrected chi connectivity index (χ2v) is 17.2. The van der Waals surface area contributed by atoms with Crippen molar-refractivity contribution in [2.45, 2.75) is 155 Å². The Morgan fingerprint density at radius 1 is 0.481 bits per heavy atom. The minimum Gasteiger partial charge on any atom is -0.811 e. The number of unbranched alkanes of at least 4 members (excludes halogenated alkanes) is 16. The Balaban J connectivity index is -0.000000448. The monoisotopic (exact) mass is 824 g/mol. The van der Waals surface area contributed by atoms with E-state index >= 15 is 0 Å². The third-order valence-electron chi connectivity index (χ3n) is 8.29. The molecule has 4 N–H and O–H groups in total. The van der Waals surface area contributed by atoms with Crippen molar-refractivity contribution in [3.8, 4) is 0 Å². The van der Waals surface area contributed by atoms with E-state index in [1.54, 1.807) is 0 Å².